The van der Waals surface area contributed by atoms with Crippen molar-refractivity contribution in [2.75, 3.05) is 27.2 Å². The highest BCUT2D eigenvalue weighted by Crippen LogP contribution is 2.22. The SMILES string of the molecule is CCN(CCC(C(=O)N(C)C)c1ccccc1)Cc1ccccc1. The first-order valence-corrected chi connectivity index (χ1v) is 8.64. The third-order valence-electron chi connectivity index (χ3n) is 4.37. The maximum atomic E-state index is 12.6. The van der Waals surface area contributed by atoms with E-state index in [2.05, 4.69) is 48.2 Å². The maximum absolute atomic E-state index is 12.6. The number of likely N-dealkylation sites (N-methyl/N-ethyl adjacent to an activating group) is 1. The molecule has 0 aliphatic rings. The third kappa shape index (κ3) is 5.20. The van der Waals surface area contributed by atoms with Crippen LogP contribution in [0.5, 0.6) is 0 Å². The van der Waals surface area contributed by atoms with Gasteiger partial charge in [0, 0.05) is 20.6 Å². The van der Waals surface area contributed by atoms with Crippen molar-refractivity contribution in [1.29, 1.82) is 0 Å². The van der Waals surface area contributed by atoms with Crippen LogP contribution in [0.2, 0.25) is 0 Å². The molecule has 0 N–H and O–H groups in total. The fourth-order valence-electron chi connectivity index (χ4n) is 2.93. The van der Waals surface area contributed by atoms with Gasteiger partial charge in [-0.2, -0.15) is 0 Å². The molecule has 0 aliphatic heterocycles. The second-order valence-corrected chi connectivity index (χ2v) is 6.34. The fourth-order valence-corrected chi connectivity index (χ4v) is 2.93. The first-order valence-electron chi connectivity index (χ1n) is 8.64. The summed E-state index contributed by atoms with van der Waals surface area (Å²) in [6.45, 7) is 4.99. The van der Waals surface area contributed by atoms with Crippen molar-refractivity contribution in [3.63, 3.8) is 0 Å². The summed E-state index contributed by atoms with van der Waals surface area (Å²) in [7, 11) is 3.67. The van der Waals surface area contributed by atoms with Gasteiger partial charge in [0.2, 0.25) is 5.91 Å². The van der Waals surface area contributed by atoms with E-state index in [0.29, 0.717) is 0 Å². The number of nitrogens with zero attached hydrogens (tertiary/aromatic N) is 2. The minimum atomic E-state index is -0.0778. The lowest BCUT2D eigenvalue weighted by atomic mass is 9.94. The van der Waals surface area contributed by atoms with Crippen LogP contribution >= 0.6 is 0 Å². The number of rotatable bonds is 8. The molecule has 128 valence electrons. The number of carbonyl (C=O) groups is 1. The first kappa shape index (κ1) is 18.2. The molecule has 0 saturated carbocycles. The predicted octanol–water partition coefficient (Wildman–Crippen LogP) is 3.77. The Balaban J connectivity index is 2.04. The maximum Gasteiger partial charge on any atom is 0.229 e. The highest BCUT2D eigenvalue weighted by Gasteiger charge is 2.22. The molecule has 2 aromatic rings. The molecule has 0 aliphatic carbocycles. The van der Waals surface area contributed by atoms with Crippen molar-refractivity contribution in [1.82, 2.24) is 9.80 Å². The number of benzene rings is 2. The van der Waals surface area contributed by atoms with Crippen LogP contribution in [0.15, 0.2) is 60.7 Å². The van der Waals surface area contributed by atoms with Gasteiger partial charge in [0.05, 0.1) is 5.92 Å². The number of hydrogen-bond donors (Lipinski definition) is 0. The molecule has 0 radical (unpaired) electrons. The van der Waals surface area contributed by atoms with Gasteiger partial charge in [-0.05, 0) is 30.6 Å². The molecular weight excluding hydrogens is 296 g/mol. The Morgan fingerprint density at radius 3 is 2.08 bits per heavy atom. The topological polar surface area (TPSA) is 23.6 Å². The van der Waals surface area contributed by atoms with Crippen molar-refractivity contribution >= 4 is 5.91 Å². The molecule has 0 spiro atoms. The summed E-state index contributed by atoms with van der Waals surface area (Å²) in [4.78, 5) is 16.7. The molecule has 1 amide bonds. The van der Waals surface area contributed by atoms with Gasteiger partial charge in [-0.25, -0.2) is 0 Å². The van der Waals surface area contributed by atoms with E-state index in [-0.39, 0.29) is 11.8 Å². The van der Waals surface area contributed by atoms with Crippen molar-refractivity contribution in [3.05, 3.63) is 71.8 Å². The summed E-state index contributed by atoms with van der Waals surface area (Å²) in [5, 5.41) is 0. The smallest absolute Gasteiger partial charge is 0.229 e. The second-order valence-electron chi connectivity index (χ2n) is 6.34. The van der Waals surface area contributed by atoms with E-state index in [9.17, 15) is 4.79 Å². The summed E-state index contributed by atoms with van der Waals surface area (Å²) < 4.78 is 0. The lowest BCUT2D eigenvalue weighted by Gasteiger charge is -2.25. The van der Waals surface area contributed by atoms with E-state index < -0.39 is 0 Å². The van der Waals surface area contributed by atoms with Gasteiger partial charge in [0.1, 0.15) is 0 Å². The van der Waals surface area contributed by atoms with E-state index in [1.54, 1.807) is 4.90 Å². The van der Waals surface area contributed by atoms with Crippen molar-refractivity contribution in [3.8, 4) is 0 Å². The summed E-state index contributed by atoms with van der Waals surface area (Å²) in [5.74, 6) is 0.1000. The minimum absolute atomic E-state index is 0.0778. The molecule has 0 aromatic heterocycles. The Bertz CT molecular complexity index is 610. The Labute approximate surface area is 145 Å². The number of amides is 1. The van der Waals surface area contributed by atoms with Crippen molar-refractivity contribution in [2.24, 2.45) is 0 Å². The van der Waals surface area contributed by atoms with Gasteiger partial charge in [-0.15, -0.1) is 0 Å². The first-order chi connectivity index (χ1) is 11.6. The molecule has 0 heterocycles. The molecule has 2 aromatic carbocycles. The number of hydrogen-bond acceptors (Lipinski definition) is 2. The molecule has 1 unspecified atom stereocenters. The van der Waals surface area contributed by atoms with Crippen LogP contribution in [0.1, 0.15) is 30.4 Å². The predicted molar refractivity (Wildman–Crippen MR) is 99.9 cm³/mol. The normalized spacial score (nSPS) is 12.2. The van der Waals surface area contributed by atoms with E-state index in [1.807, 2.05) is 38.4 Å². The summed E-state index contributed by atoms with van der Waals surface area (Å²) in [6.07, 6.45) is 0.835. The van der Waals surface area contributed by atoms with Crippen molar-refractivity contribution < 1.29 is 4.79 Å². The fraction of sp³-hybridized carbons (Fsp3) is 0.381. The van der Waals surface area contributed by atoms with E-state index in [4.69, 9.17) is 0 Å². The second kappa shape index (κ2) is 9.24. The molecule has 0 saturated heterocycles. The highest BCUT2D eigenvalue weighted by atomic mass is 16.2. The van der Waals surface area contributed by atoms with Crippen molar-refractivity contribution in [2.45, 2.75) is 25.8 Å². The molecule has 2 rings (SSSR count). The van der Waals surface area contributed by atoms with Crippen LogP contribution in [0, 0.1) is 0 Å². The van der Waals surface area contributed by atoms with E-state index in [1.165, 1.54) is 5.56 Å². The summed E-state index contributed by atoms with van der Waals surface area (Å²) in [5.41, 5.74) is 2.42. The van der Waals surface area contributed by atoms with E-state index in [0.717, 1.165) is 31.6 Å². The average molecular weight is 324 g/mol. The zero-order valence-electron chi connectivity index (χ0n) is 15.0. The monoisotopic (exact) mass is 324 g/mol. The largest absolute Gasteiger partial charge is 0.348 e. The third-order valence-corrected chi connectivity index (χ3v) is 4.37. The minimum Gasteiger partial charge on any atom is -0.348 e. The quantitative estimate of drug-likeness (QED) is 0.738. The Hall–Kier alpha value is -2.13. The van der Waals surface area contributed by atoms with Gasteiger partial charge >= 0.3 is 0 Å². The Morgan fingerprint density at radius 1 is 0.958 bits per heavy atom. The molecule has 3 heteroatoms. The van der Waals surface area contributed by atoms with Gasteiger partial charge in [-0.3, -0.25) is 9.69 Å². The summed E-state index contributed by atoms with van der Waals surface area (Å²) >= 11 is 0. The highest BCUT2D eigenvalue weighted by molar-refractivity contribution is 5.83. The van der Waals surface area contributed by atoms with Gasteiger partial charge < -0.3 is 4.90 Å². The van der Waals surface area contributed by atoms with Crippen LogP contribution in [0.4, 0.5) is 0 Å². The van der Waals surface area contributed by atoms with Gasteiger partial charge in [-0.1, -0.05) is 67.6 Å². The molecule has 3 nitrogen and oxygen atoms in total. The molecular formula is C21H28N2O. The lowest BCUT2D eigenvalue weighted by Crippen LogP contribution is -2.32. The van der Waals surface area contributed by atoms with Crippen LogP contribution in [-0.2, 0) is 11.3 Å². The number of carbonyl (C=O) groups excluding carboxylic acids is 1. The van der Waals surface area contributed by atoms with Crippen LogP contribution in [0.25, 0.3) is 0 Å². The molecule has 1 atom stereocenters. The lowest BCUT2D eigenvalue weighted by molar-refractivity contribution is -0.130. The van der Waals surface area contributed by atoms with Gasteiger partial charge in [0.15, 0.2) is 0 Å². The Kier molecular flexibility index (Phi) is 7.01. The van der Waals surface area contributed by atoms with E-state index >= 15 is 0 Å². The zero-order valence-corrected chi connectivity index (χ0v) is 15.0. The molecule has 0 bridgehead atoms. The zero-order chi connectivity index (χ0) is 17.4. The summed E-state index contributed by atoms with van der Waals surface area (Å²) in [6, 6.07) is 20.6. The van der Waals surface area contributed by atoms with Crippen LogP contribution in [-0.4, -0.2) is 42.9 Å². The average Bonchev–Trinajstić information content (AvgIpc) is 2.62. The molecule has 0 fully saturated rings. The molecule has 24 heavy (non-hydrogen) atoms. The van der Waals surface area contributed by atoms with Crippen LogP contribution < -0.4 is 0 Å². The van der Waals surface area contributed by atoms with Crippen LogP contribution in [0.3, 0.4) is 0 Å². The van der Waals surface area contributed by atoms with Gasteiger partial charge in [0.25, 0.3) is 0 Å². The Morgan fingerprint density at radius 2 is 1.54 bits per heavy atom. The standard InChI is InChI=1S/C21H28N2O/c1-4-23(17-18-11-7-5-8-12-18)16-15-20(21(24)22(2)3)19-13-9-6-10-14-19/h5-14,20H,4,15-17H2,1-3H3.